The van der Waals surface area contributed by atoms with Crippen molar-refractivity contribution in [3.8, 4) is 0 Å². The van der Waals surface area contributed by atoms with Gasteiger partial charge in [0.1, 0.15) is 0 Å². The second kappa shape index (κ2) is 4.05. The van der Waals surface area contributed by atoms with Crippen molar-refractivity contribution in [1.29, 1.82) is 0 Å². The SMILES string of the molecule is CC(C)n1cc(C2(N)CCC(F)(F)CC2)cn1. The highest BCUT2D eigenvalue weighted by atomic mass is 19.3. The van der Waals surface area contributed by atoms with Gasteiger partial charge in [0, 0.05) is 36.2 Å². The maximum absolute atomic E-state index is 13.1. The van der Waals surface area contributed by atoms with Crippen molar-refractivity contribution < 1.29 is 8.78 Å². The van der Waals surface area contributed by atoms with Crippen molar-refractivity contribution in [3.05, 3.63) is 18.0 Å². The van der Waals surface area contributed by atoms with Crippen molar-refractivity contribution in [3.63, 3.8) is 0 Å². The van der Waals surface area contributed by atoms with E-state index in [1.165, 1.54) is 0 Å². The molecule has 1 aromatic rings. The van der Waals surface area contributed by atoms with Gasteiger partial charge in [-0.15, -0.1) is 0 Å². The van der Waals surface area contributed by atoms with Crippen molar-refractivity contribution >= 4 is 0 Å². The summed E-state index contributed by atoms with van der Waals surface area (Å²) in [5, 5.41) is 4.22. The van der Waals surface area contributed by atoms with Crippen LogP contribution in [0.15, 0.2) is 12.4 Å². The highest BCUT2D eigenvalue weighted by Gasteiger charge is 2.42. The van der Waals surface area contributed by atoms with E-state index in [0.29, 0.717) is 12.8 Å². The van der Waals surface area contributed by atoms with Crippen LogP contribution in [0.25, 0.3) is 0 Å². The number of hydrogen-bond donors (Lipinski definition) is 1. The number of aromatic nitrogens is 2. The Bertz CT molecular complexity index is 388. The molecule has 0 saturated heterocycles. The Morgan fingerprint density at radius 1 is 1.29 bits per heavy atom. The van der Waals surface area contributed by atoms with Crippen LogP contribution < -0.4 is 5.73 Å². The van der Waals surface area contributed by atoms with Gasteiger partial charge in [0.15, 0.2) is 0 Å². The zero-order valence-corrected chi connectivity index (χ0v) is 10.3. The highest BCUT2D eigenvalue weighted by molar-refractivity contribution is 5.19. The Morgan fingerprint density at radius 3 is 2.35 bits per heavy atom. The summed E-state index contributed by atoms with van der Waals surface area (Å²) in [4.78, 5) is 0. The summed E-state index contributed by atoms with van der Waals surface area (Å²) in [6, 6.07) is 0.261. The molecule has 3 nitrogen and oxygen atoms in total. The number of hydrogen-bond acceptors (Lipinski definition) is 2. The van der Waals surface area contributed by atoms with Crippen LogP contribution in [0.4, 0.5) is 8.78 Å². The molecule has 0 aliphatic heterocycles. The van der Waals surface area contributed by atoms with Gasteiger partial charge in [-0.25, -0.2) is 8.78 Å². The van der Waals surface area contributed by atoms with Gasteiger partial charge in [-0.05, 0) is 26.7 Å². The third kappa shape index (κ3) is 2.49. The molecule has 0 atom stereocenters. The Labute approximate surface area is 100.0 Å². The minimum Gasteiger partial charge on any atom is -0.321 e. The number of rotatable bonds is 2. The minimum atomic E-state index is -2.54. The molecule has 0 spiro atoms. The summed E-state index contributed by atoms with van der Waals surface area (Å²) < 4.78 is 28.1. The predicted molar refractivity (Wildman–Crippen MR) is 61.9 cm³/mol. The van der Waals surface area contributed by atoms with E-state index < -0.39 is 11.5 Å². The summed E-state index contributed by atoms with van der Waals surface area (Å²) in [5.74, 6) is -2.54. The first-order valence-electron chi connectivity index (χ1n) is 6.04. The van der Waals surface area contributed by atoms with Crippen LogP contribution in [0.1, 0.15) is 51.1 Å². The molecule has 1 aromatic heterocycles. The van der Waals surface area contributed by atoms with E-state index >= 15 is 0 Å². The molecule has 0 bridgehead atoms. The summed E-state index contributed by atoms with van der Waals surface area (Å²) >= 11 is 0. The normalized spacial score (nSPS) is 22.9. The fraction of sp³-hybridized carbons (Fsp3) is 0.750. The second-order valence-corrected chi connectivity index (χ2v) is 5.31. The van der Waals surface area contributed by atoms with Gasteiger partial charge in [-0.3, -0.25) is 4.68 Å². The van der Waals surface area contributed by atoms with E-state index in [2.05, 4.69) is 5.10 Å². The van der Waals surface area contributed by atoms with Crippen LogP contribution in [0, 0.1) is 0 Å². The molecule has 0 unspecified atom stereocenters. The van der Waals surface area contributed by atoms with Crippen LogP contribution in [0.5, 0.6) is 0 Å². The summed E-state index contributed by atoms with van der Waals surface area (Å²) in [6.45, 7) is 4.05. The van der Waals surface area contributed by atoms with E-state index in [1.807, 2.05) is 24.7 Å². The highest BCUT2D eigenvalue weighted by Crippen LogP contribution is 2.42. The van der Waals surface area contributed by atoms with Crippen LogP contribution >= 0.6 is 0 Å². The van der Waals surface area contributed by atoms with Crippen LogP contribution in [-0.2, 0) is 5.54 Å². The maximum Gasteiger partial charge on any atom is 0.248 e. The standard InChI is InChI=1S/C12H19F2N3/c1-9(2)17-8-10(7-16-17)11(15)3-5-12(13,14)6-4-11/h7-9H,3-6,15H2,1-2H3. The smallest absolute Gasteiger partial charge is 0.248 e. The third-order valence-electron chi connectivity index (χ3n) is 3.58. The van der Waals surface area contributed by atoms with Crippen molar-refractivity contribution in [1.82, 2.24) is 9.78 Å². The number of alkyl halides is 2. The topological polar surface area (TPSA) is 43.8 Å². The van der Waals surface area contributed by atoms with Gasteiger partial charge in [0.2, 0.25) is 5.92 Å². The summed E-state index contributed by atoms with van der Waals surface area (Å²) in [6.07, 6.45) is 3.98. The molecule has 1 aliphatic rings. The van der Waals surface area contributed by atoms with E-state index in [9.17, 15) is 8.78 Å². The molecule has 5 heteroatoms. The average molecular weight is 243 g/mol. The van der Waals surface area contributed by atoms with Gasteiger partial charge in [0.05, 0.1) is 6.20 Å². The lowest BCUT2D eigenvalue weighted by molar-refractivity contribution is -0.0514. The largest absolute Gasteiger partial charge is 0.321 e. The fourth-order valence-corrected chi connectivity index (χ4v) is 2.23. The van der Waals surface area contributed by atoms with Crippen molar-refractivity contribution in [2.45, 2.75) is 57.0 Å². The molecule has 0 amide bonds. The van der Waals surface area contributed by atoms with E-state index in [1.54, 1.807) is 6.20 Å². The molecule has 1 heterocycles. The minimum absolute atomic E-state index is 0.129. The number of nitrogens with two attached hydrogens (primary N) is 1. The quantitative estimate of drug-likeness (QED) is 0.868. The van der Waals surface area contributed by atoms with Crippen molar-refractivity contribution in [2.75, 3.05) is 0 Å². The molecular formula is C12H19F2N3. The average Bonchev–Trinajstić information content (AvgIpc) is 2.73. The van der Waals surface area contributed by atoms with Crippen LogP contribution in [0.2, 0.25) is 0 Å². The number of halogens is 2. The Balaban J connectivity index is 2.16. The Hall–Kier alpha value is -0.970. The zero-order chi connectivity index (χ0) is 12.7. The predicted octanol–water partition coefficient (Wildman–Crippen LogP) is 2.83. The summed E-state index contributed by atoms with van der Waals surface area (Å²) in [7, 11) is 0. The Kier molecular flexibility index (Phi) is 2.97. The van der Waals surface area contributed by atoms with E-state index in [0.717, 1.165) is 5.56 Å². The van der Waals surface area contributed by atoms with Crippen LogP contribution in [0.3, 0.4) is 0 Å². The molecule has 2 N–H and O–H groups in total. The first-order chi connectivity index (χ1) is 7.82. The summed E-state index contributed by atoms with van der Waals surface area (Å²) in [5.41, 5.74) is 6.47. The maximum atomic E-state index is 13.1. The first kappa shape index (κ1) is 12.5. The lowest BCUT2D eigenvalue weighted by Gasteiger charge is -2.36. The zero-order valence-electron chi connectivity index (χ0n) is 10.3. The lowest BCUT2D eigenvalue weighted by Crippen LogP contribution is -2.43. The van der Waals surface area contributed by atoms with Crippen molar-refractivity contribution in [2.24, 2.45) is 5.73 Å². The van der Waals surface area contributed by atoms with Gasteiger partial charge >= 0.3 is 0 Å². The number of nitrogens with zero attached hydrogens (tertiary/aromatic N) is 2. The second-order valence-electron chi connectivity index (χ2n) is 5.31. The van der Waals surface area contributed by atoms with Gasteiger partial charge in [-0.1, -0.05) is 0 Å². The molecule has 17 heavy (non-hydrogen) atoms. The van der Waals surface area contributed by atoms with Crippen LogP contribution in [-0.4, -0.2) is 15.7 Å². The molecule has 1 fully saturated rings. The Morgan fingerprint density at radius 2 is 1.88 bits per heavy atom. The third-order valence-corrected chi connectivity index (χ3v) is 3.58. The lowest BCUT2D eigenvalue weighted by atomic mass is 9.77. The monoisotopic (exact) mass is 243 g/mol. The van der Waals surface area contributed by atoms with E-state index in [-0.39, 0.29) is 18.9 Å². The first-order valence-corrected chi connectivity index (χ1v) is 6.04. The molecule has 96 valence electrons. The fourth-order valence-electron chi connectivity index (χ4n) is 2.23. The molecular weight excluding hydrogens is 224 g/mol. The van der Waals surface area contributed by atoms with Gasteiger partial charge in [0.25, 0.3) is 0 Å². The molecule has 0 aromatic carbocycles. The molecule has 1 aliphatic carbocycles. The molecule has 2 rings (SSSR count). The van der Waals surface area contributed by atoms with E-state index in [4.69, 9.17) is 5.73 Å². The van der Waals surface area contributed by atoms with Gasteiger partial charge in [-0.2, -0.15) is 5.10 Å². The molecule has 1 saturated carbocycles. The van der Waals surface area contributed by atoms with Gasteiger partial charge < -0.3 is 5.73 Å². The molecule has 0 radical (unpaired) electrons.